The van der Waals surface area contributed by atoms with Gasteiger partial charge in [0.2, 0.25) is 0 Å². The number of rotatable bonds is 3. The molecule has 0 saturated carbocycles. The zero-order valence-corrected chi connectivity index (χ0v) is 8.06. The van der Waals surface area contributed by atoms with Crippen LogP contribution in [0.2, 0.25) is 0 Å². The third-order valence-corrected chi connectivity index (χ3v) is 2.26. The summed E-state index contributed by atoms with van der Waals surface area (Å²) in [6, 6.07) is 0. The number of morpholine rings is 1. The lowest BCUT2D eigenvalue weighted by molar-refractivity contribution is 0.0250. The lowest BCUT2D eigenvalue weighted by Gasteiger charge is -2.32. The van der Waals surface area contributed by atoms with Crippen molar-refractivity contribution in [3.05, 3.63) is 6.20 Å². The van der Waals surface area contributed by atoms with Gasteiger partial charge in [0.15, 0.2) is 6.20 Å². The molecule has 14 heavy (non-hydrogen) atoms. The van der Waals surface area contributed by atoms with Crippen LogP contribution in [-0.4, -0.2) is 47.7 Å². The second-order valence-electron chi connectivity index (χ2n) is 3.18. The van der Waals surface area contributed by atoms with Crippen molar-refractivity contribution in [2.75, 3.05) is 31.6 Å². The van der Waals surface area contributed by atoms with Crippen molar-refractivity contribution < 1.29 is 9.26 Å². The number of anilines is 1. The molecule has 0 aliphatic carbocycles. The van der Waals surface area contributed by atoms with Gasteiger partial charge in [-0.1, -0.05) is 0 Å². The second-order valence-corrected chi connectivity index (χ2v) is 3.18. The topological polar surface area (TPSA) is 63.4 Å². The van der Waals surface area contributed by atoms with Gasteiger partial charge in [0, 0.05) is 18.4 Å². The normalized spacial score (nSPS) is 20.6. The molecule has 1 saturated heterocycles. The molecule has 1 fully saturated rings. The summed E-state index contributed by atoms with van der Waals surface area (Å²) in [7, 11) is 0. The minimum absolute atomic E-state index is 0.185. The Morgan fingerprint density at radius 1 is 1.50 bits per heavy atom. The molecular formula is C8H13N4O2. The second kappa shape index (κ2) is 4.39. The van der Waals surface area contributed by atoms with E-state index in [1.165, 1.54) is 0 Å². The summed E-state index contributed by atoms with van der Waals surface area (Å²) in [6.45, 7) is 5.47. The Labute approximate surface area is 82.2 Å². The van der Waals surface area contributed by atoms with E-state index in [0.29, 0.717) is 5.88 Å². The van der Waals surface area contributed by atoms with Crippen molar-refractivity contribution in [2.45, 2.75) is 13.1 Å². The van der Waals surface area contributed by atoms with Crippen LogP contribution >= 0.6 is 0 Å². The maximum Gasteiger partial charge on any atom is 0.256 e. The zero-order chi connectivity index (χ0) is 9.80. The predicted molar refractivity (Wildman–Crippen MR) is 48.6 cm³/mol. The van der Waals surface area contributed by atoms with Crippen molar-refractivity contribution >= 4 is 5.88 Å². The van der Waals surface area contributed by atoms with E-state index in [4.69, 9.17) is 9.26 Å². The summed E-state index contributed by atoms with van der Waals surface area (Å²) >= 11 is 0. The van der Waals surface area contributed by atoms with Crippen LogP contribution in [0.3, 0.4) is 0 Å². The number of aromatic nitrogens is 2. The van der Waals surface area contributed by atoms with E-state index in [0.717, 1.165) is 26.3 Å². The minimum atomic E-state index is 0.185. The Balaban J connectivity index is 1.85. The van der Waals surface area contributed by atoms with Gasteiger partial charge in [-0.25, -0.2) is 0 Å². The third kappa shape index (κ3) is 2.21. The fraction of sp³-hybridized carbons (Fsp3) is 0.750. The lowest BCUT2D eigenvalue weighted by atomic mass is 10.3. The Bertz CT molecular complexity index is 258. The number of nitrogens with zero attached hydrogens (tertiary/aromatic N) is 3. The van der Waals surface area contributed by atoms with E-state index in [9.17, 15) is 0 Å². The summed E-state index contributed by atoms with van der Waals surface area (Å²) < 4.78 is 10.1. The van der Waals surface area contributed by atoms with Crippen LogP contribution in [0.5, 0.6) is 0 Å². The van der Waals surface area contributed by atoms with E-state index in [1.54, 1.807) is 0 Å². The van der Waals surface area contributed by atoms with Crippen LogP contribution in [0, 0.1) is 6.20 Å². The molecule has 1 aromatic heterocycles. The number of nitrogens with one attached hydrogen (secondary N) is 1. The van der Waals surface area contributed by atoms with E-state index < -0.39 is 0 Å². The molecule has 6 heteroatoms. The molecule has 1 aromatic rings. The maximum absolute atomic E-state index is 5.26. The number of ether oxygens (including phenoxy) is 1. The molecule has 0 bridgehead atoms. The SMILES string of the molecule is CC(Nc1[c]nno1)N1CCOCC1. The minimum Gasteiger partial charge on any atom is -0.379 e. The van der Waals surface area contributed by atoms with E-state index in [1.807, 2.05) is 0 Å². The molecule has 2 rings (SSSR count). The van der Waals surface area contributed by atoms with Crippen LogP contribution in [-0.2, 0) is 4.74 Å². The van der Waals surface area contributed by atoms with Crippen molar-refractivity contribution in [1.29, 1.82) is 0 Å². The molecule has 1 radical (unpaired) electrons. The molecule has 6 nitrogen and oxygen atoms in total. The van der Waals surface area contributed by atoms with Gasteiger partial charge in [0.1, 0.15) is 0 Å². The summed E-state index contributed by atoms with van der Waals surface area (Å²) in [5.41, 5.74) is 0. The Hall–Kier alpha value is -1.14. The van der Waals surface area contributed by atoms with Crippen molar-refractivity contribution in [2.24, 2.45) is 0 Å². The van der Waals surface area contributed by atoms with Crippen LogP contribution < -0.4 is 5.32 Å². The highest BCUT2D eigenvalue weighted by atomic mass is 16.5. The Morgan fingerprint density at radius 2 is 2.29 bits per heavy atom. The van der Waals surface area contributed by atoms with Gasteiger partial charge in [-0.05, 0) is 6.92 Å². The molecule has 1 aliphatic heterocycles. The first-order chi connectivity index (χ1) is 6.86. The van der Waals surface area contributed by atoms with Gasteiger partial charge in [-0.15, -0.1) is 5.10 Å². The smallest absolute Gasteiger partial charge is 0.256 e. The fourth-order valence-electron chi connectivity index (χ4n) is 1.45. The molecule has 1 atom stereocenters. The standard InChI is InChI=1S/C8H13N4O2/c1-7(10-8-6-9-11-14-8)12-2-4-13-5-3-12/h7,10H,2-5H2,1H3. The van der Waals surface area contributed by atoms with Gasteiger partial charge < -0.3 is 14.6 Å². The highest BCUT2D eigenvalue weighted by molar-refractivity contribution is 5.24. The molecule has 2 heterocycles. The molecule has 77 valence electrons. The predicted octanol–water partition coefficient (Wildman–Crippen LogP) is -0.0401. The van der Waals surface area contributed by atoms with E-state index in [2.05, 4.69) is 33.7 Å². The van der Waals surface area contributed by atoms with Crippen molar-refractivity contribution in [3.8, 4) is 0 Å². The monoisotopic (exact) mass is 197 g/mol. The number of hydrogen-bond acceptors (Lipinski definition) is 6. The highest BCUT2D eigenvalue weighted by Crippen LogP contribution is 2.08. The van der Waals surface area contributed by atoms with E-state index >= 15 is 0 Å². The molecule has 0 spiro atoms. The van der Waals surface area contributed by atoms with Crippen LogP contribution in [0.25, 0.3) is 0 Å². The van der Waals surface area contributed by atoms with Gasteiger partial charge in [0.05, 0.1) is 19.4 Å². The average Bonchev–Trinajstić information content (AvgIpc) is 2.72. The molecular weight excluding hydrogens is 184 g/mol. The first kappa shape index (κ1) is 9.42. The van der Waals surface area contributed by atoms with Gasteiger partial charge in [0.25, 0.3) is 5.88 Å². The Morgan fingerprint density at radius 3 is 2.93 bits per heavy atom. The molecule has 1 aliphatic rings. The van der Waals surface area contributed by atoms with Crippen LogP contribution in [0.15, 0.2) is 4.52 Å². The van der Waals surface area contributed by atoms with E-state index in [-0.39, 0.29) is 6.17 Å². The Kier molecular flexibility index (Phi) is 2.95. The highest BCUT2D eigenvalue weighted by Gasteiger charge is 2.17. The summed E-state index contributed by atoms with van der Waals surface area (Å²) in [6.07, 6.45) is 2.80. The molecule has 0 amide bonds. The van der Waals surface area contributed by atoms with Crippen molar-refractivity contribution in [1.82, 2.24) is 15.3 Å². The third-order valence-electron chi connectivity index (χ3n) is 2.26. The lowest BCUT2D eigenvalue weighted by Crippen LogP contribution is -2.45. The van der Waals surface area contributed by atoms with Crippen LogP contribution in [0.1, 0.15) is 6.92 Å². The van der Waals surface area contributed by atoms with Gasteiger partial charge in [-0.2, -0.15) is 0 Å². The first-order valence-corrected chi connectivity index (χ1v) is 4.64. The molecule has 1 unspecified atom stereocenters. The maximum atomic E-state index is 5.26. The average molecular weight is 197 g/mol. The summed E-state index contributed by atoms with van der Waals surface area (Å²) in [4.78, 5) is 2.26. The quantitative estimate of drug-likeness (QED) is 0.733. The summed E-state index contributed by atoms with van der Waals surface area (Å²) in [5.74, 6) is 0.476. The fourth-order valence-corrected chi connectivity index (χ4v) is 1.45. The number of hydrogen-bond donors (Lipinski definition) is 1. The zero-order valence-electron chi connectivity index (χ0n) is 8.06. The molecule has 1 N–H and O–H groups in total. The molecule has 0 aromatic carbocycles. The summed E-state index contributed by atoms with van der Waals surface area (Å²) in [5, 5.41) is 9.92. The van der Waals surface area contributed by atoms with Gasteiger partial charge >= 0.3 is 0 Å². The van der Waals surface area contributed by atoms with Crippen LogP contribution in [0.4, 0.5) is 5.88 Å². The first-order valence-electron chi connectivity index (χ1n) is 4.64. The van der Waals surface area contributed by atoms with Crippen molar-refractivity contribution in [3.63, 3.8) is 0 Å². The largest absolute Gasteiger partial charge is 0.379 e. The van der Waals surface area contributed by atoms with Gasteiger partial charge in [-0.3, -0.25) is 4.90 Å².